The Bertz CT molecular complexity index is 277. The Kier molecular flexibility index (Phi) is 13.5. The molecule has 0 aromatic rings. The Morgan fingerprint density at radius 1 is 0.706 bits per heavy atom. The fraction of sp³-hybridized carbons (Fsp3) is 0. The molecule has 0 atom stereocenters. The Labute approximate surface area is 97.1 Å². The number of rotatable bonds is 4. The molecule has 0 amide bonds. The summed E-state index contributed by atoms with van der Waals surface area (Å²) in [7, 11) is 0. The number of carboxylic acid groups (broad SMARTS) is 4. The molecule has 0 aliphatic carbocycles. The van der Waals surface area contributed by atoms with Crippen LogP contribution < -0.4 is 15.3 Å². The van der Waals surface area contributed by atoms with Crippen molar-refractivity contribution in [3.63, 3.8) is 0 Å². The first-order chi connectivity index (χ1) is 7.25. The van der Waals surface area contributed by atoms with Gasteiger partial charge in [-0.1, -0.05) is 0 Å². The van der Waals surface area contributed by atoms with E-state index in [1.54, 1.807) is 0 Å². The molecule has 0 saturated heterocycles. The van der Waals surface area contributed by atoms with Crippen LogP contribution in [0, 0.1) is 0 Å². The Balaban J connectivity index is -0.000000218. The second-order valence-corrected chi connectivity index (χ2v) is 1.96. The first-order valence-corrected chi connectivity index (χ1v) is 3.47. The monoisotopic (exact) mass is 240 g/mol. The minimum Gasteiger partial charge on any atom is -0.545 e. The summed E-state index contributed by atoms with van der Waals surface area (Å²) in [6, 6.07) is 0. The molecule has 17 heavy (non-hydrogen) atoms. The van der Waals surface area contributed by atoms with E-state index in [0.29, 0.717) is 24.3 Å². The molecule has 0 aromatic heterocycles. The first-order valence-electron chi connectivity index (χ1n) is 3.47. The van der Waals surface area contributed by atoms with Crippen molar-refractivity contribution >= 4 is 32.3 Å². The van der Waals surface area contributed by atoms with E-state index in [2.05, 4.69) is 0 Å². The Morgan fingerprint density at radius 3 is 1.06 bits per heavy atom. The molecule has 0 fully saturated rings. The van der Waals surface area contributed by atoms with Crippen LogP contribution >= 0.6 is 0 Å². The van der Waals surface area contributed by atoms with Crippen LogP contribution in [0.1, 0.15) is 0 Å². The van der Waals surface area contributed by atoms with Crippen molar-refractivity contribution in [2.75, 3.05) is 0 Å². The number of hydrogen-bond acceptors (Lipinski definition) is 7. The summed E-state index contributed by atoms with van der Waals surface area (Å²) in [4.78, 5) is 37.8. The molecule has 88 valence electrons. The molecule has 0 radical (unpaired) electrons. The van der Waals surface area contributed by atoms with Gasteiger partial charge in [-0.15, -0.1) is 0 Å². The Morgan fingerprint density at radius 2 is 0.941 bits per heavy atom. The predicted molar refractivity (Wildman–Crippen MR) is 46.7 cm³/mol. The third-order valence-corrected chi connectivity index (χ3v) is 0.717. The van der Waals surface area contributed by atoms with Crippen LogP contribution in [0.4, 0.5) is 0 Å². The van der Waals surface area contributed by atoms with Crippen molar-refractivity contribution in [1.82, 2.24) is 0 Å². The minimum absolute atomic E-state index is 0. The predicted octanol–water partition coefficient (Wildman–Crippen LogP) is -4.96. The van der Waals surface area contributed by atoms with E-state index in [4.69, 9.17) is 5.11 Å². The van der Waals surface area contributed by atoms with Crippen molar-refractivity contribution in [3.8, 4) is 0 Å². The summed E-state index contributed by atoms with van der Waals surface area (Å²) in [6.07, 6.45) is 1.71. The molecule has 0 saturated carbocycles. The van der Waals surface area contributed by atoms with Crippen LogP contribution in [-0.2, 0) is 19.2 Å². The average molecular weight is 240 g/mol. The Hall–Kier alpha value is -2.58. The van der Waals surface area contributed by atoms with Gasteiger partial charge in [-0.05, 0) is 18.2 Å². The fourth-order valence-electron chi connectivity index (χ4n) is 0.275. The second-order valence-electron chi connectivity index (χ2n) is 1.96. The summed E-state index contributed by atoms with van der Waals surface area (Å²) < 4.78 is 0. The molecular formula is C8H5BO8. The van der Waals surface area contributed by atoms with E-state index >= 15 is 0 Å². The van der Waals surface area contributed by atoms with E-state index in [9.17, 15) is 34.5 Å². The largest absolute Gasteiger partial charge is 3.00 e. The van der Waals surface area contributed by atoms with Gasteiger partial charge in [0, 0.05) is 6.08 Å². The van der Waals surface area contributed by atoms with Crippen LogP contribution in [0.25, 0.3) is 0 Å². The standard InChI is InChI=1S/2C4H4O4.B/c2*5-3(6)1-2-4(7)8;/h2*1-2H,(H,5,6)(H,7,8);/q;;+3/p-3/b2*2-1-;. The van der Waals surface area contributed by atoms with Crippen molar-refractivity contribution in [1.29, 1.82) is 0 Å². The van der Waals surface area contributed by atoms with Crippen molar-refractivity contribution in [2.45, 2.75) is 0 Å². The van der Waals surface area contributed by atoms with E-state index in [0.717, 1.165) is 0 Å². The van der Waals surface area contributed by atoms with E-state index < -0.39 is 23.9 Å². The van der Waals surface area contributed by atoms with E-state index in [-0.39, 0.29) is 8.41 Å². The molecule has 0 aliphatic heterocycles. The smallest absolute Gasteiger partial charge is 0.545 e. The van der Waals surface area contributed by atoms with Crippen molar-refractivity contribution < 1.29 is 39.6 Å². The number of carbonyl (C=O) groups is 4. The van der Waals surface area contributed by atoms with Gasteiger partial charge >= 0.3 is 14.4 Å². The zero-order chi connectivity index (χ0) is 13.1. The van der Waals surface area contributed by atoms with Gasteiger partial charge in [-0.25, -0.2) is 4.79 Å². The summed E-state index contributed by atoms with van der Waals surface area (Å²) in [5.74, 6) is -5.90. The van der Waals surface area contributed by atoms with E-state index in [1.807, 2.05) is 0 Å². The van der Waals surface area contributed by atoms with Crippen LogP contribution in [0.2, 0.25) is 0 Å². The van der Waals surface area contributed by atoms with Crippen molar-refractivity contribution in [3.05, 3.63) is 24.3 Å². The van der Waals surface area contributed by atoms with Crippen LogP contribution in [0.15, 0.2) is 24.3 Å². The zero-order valence-corrected chi connectivity index (χ0v) is 8.19. The van der Waals surface area contributed by atoms with Gasteiger partial charge in [0.15, 0.2) is 0 Å². The number of hydrogen-bond donors (Lipinski definition) is 1. The molecule has 8 nitrogen and oxygen atoms in total. The van der Waals surface area contributed by atoms with E-state index in [1.165, 1.54) is 0 Å². The van der Waals surface area contributed by atoms with Crippen LogP contribution in [0.5, 0.6) is 0 Å². The van der Waals surface area contributed by atoms with Gasteiger partial charge < -0.3 is 34.8 Å². The fourth-order valence-corrected chi connectivity index (χ4v) is 0.275. The van der Waals surface area contributed by atoms with Gasteiger partial charge in [0.1, 0.15) is 0 Å². The zero-order valence-electron chi connectivity index (χ0n) is 8.19. The molecule has 1 N–H and O–H groups in total. The molecule has 0 bridgehead atoms. The molecule has 0 unspecified atom stereocenters. The summed E-state index contributed by atoms with van der Waals surface area (Å²) >= 11 is 0. The summed E-state index contributed by atoms with van der Waals surface area (Å²) in [5, 5.41) is 36.1. The SMILES string of the molecule is O=C([O-])/C=C\C(=O)O.O=C([O-])/C=C\C(=O)[O-].[B+3]. The topological polar surface area (TPSA) is 158 Å². The maximum absolute atomic E-state index is 9.53. The number of carboxylic acids is 4. The first kappa shape index (κ1) is 19.9. The number of aliphatic carboxylic acids is 4. The third-order valence-electron chi connectivity index (χ3n) is 0.717. The molecule has 0 spiro atoms. The normalized spacial score (nSPS) is 8.94. The molecule has 0 heterocycles. The number of carbonyl (C=O) groups excluding carboxylic acids is 3. The average Bonchev–Trinajstić information content (AvgIpc) is 2.12. The van der Waals surface area contributed by atoms with Crippen LogP contribution in [0.3, 0.4) is 0 Å². The van der Waals surface area contributed by atoms with Gasteiger partial charge in [-0.3, -0.25) is 0 Å². The van der Waals surface area contributed by atoms with Gasteiger partial charge in [-0.2, -0.15) is 0 Å². The van der Waals surface area contributed by atoms with Gasteiger partial charge in [0.25, 0.3) is 0 Å². The quantitative estimate of drug-likeness (QED) is 0.377. The maximum Gasteiger partial charge on any atom is 3.00 e. The summed E-state index contributed by atoms with van der Waals surface area (Å²) in [5.41, 5.74) is 0. The maximum atomic E-state index is 9.53. The molecule has 0 aliphatic rings. The minimum atomic E-state index is -1.55. The molecule has 9 heteroatoms. The second kappa shape index (κ2) is 11.5. The molecular weight excluding hydrogens is 235 g/mol. The van der Waals surface area contributed by atoms with Gasteiger partial charge in [0.2, 0.25) is 0 Å². The van der Waals surface area contributed by atoms with Gasteiger partial charge in [0.05, 0.1) is 17.9 Å². The molecule has 0 aromatic carbocycles. The molecule has 0 rings (SSSR count). The third kappa shape index (κ3) is 31.8. The van der Waals surface area contributed by atoms with Crippen LogP contribution in [-0.4, -0.2) is 37.4 Å². The summed E-state index contributed by atoms with van der Waals surface area (Å²) in [6.45, 7) is 0. The van der Waals surface area contributed by atoms with Crippen molar-refractivity contribution in [2.24, 2.45) is 0 Å².